The Balaban J connectivity index is 1.63. The number of carbonyl (C=O) groups excluding carboxylic acids is 3. The van der Waals surface area contributed by atoms with Crippen LogP contribution in [0.1, 0.15) is 59.3 Å². The van der Waals surface area contributed by atoms with Gasteiger partial charge in [0.2, 0.25) is 0 Å². The normalized spacial score (nSPS) is 33.0. The molecule has 0 atom stereocenters. The largest absolute Gasteiger partial charge is 0.454 e. The number of ketones is 1. The summed E-state index contributed by atoms with van der Waals surface area (Å²) in [4.78, 5) is 35.6. The van der Waals surface area contributed by atoms with E-state index in [2.05, 4.69) is 6.58 Å². The molecule has 25 heavy (non-hydrogen) atoms. The third kappa shape index (κ3) is 3.38. The van der Waals surface area contributed by atoms with Gasteiger partial charge >= 0.3 is 11.9 Å². The molecule has 4 rings (SSSR count). The second kappa shape index (κ2) is 6.26. The van der Waals surface area contributed by atoms with E-state index in [1.807, 2.05) is 13.8 Å². The fourth-order valence-electron chi connectivity index (χ4n) is 5.56. The Morgan fingerprint density at radius 3 is 1.92 bits per heavy atom. The number of hydrogen-bond donors (Lipinski definition) is 0. The lowest BCUT2D eigenvalue weighted by atomic mass is 9.46. The lowest BCUT2D eigenvalue weighted by molar-refractivity contribution is -0.199. The maximum Gasteiger partial charge on any atom is 0.378 e. The molecule has 0 unspecified atom stereocenters. The third-order valence-electron chi connectivity index (χ3n) is 6.57. The van der Waals surface area contributed by atoms with Crippen LogP contribution in [0, 0.1) is 23.2 Å². The number of ether oxygens (including phenoxy) is 2. The monoisotopic (exact) mass is 348 g/mol. The second-order valence-corrected chi connectivity index (χ2v) is 8.88. The van der Waals surface area contributed by atoms with Gasteiger partial charge in [0.25, 0.3) is 5.78 Å². The van der Waals surface area contributed by atoms with Crippen molar-refractivity contribution in [3.63, 3.8) is 0 Å². The average molecular weight is 348 g/mol. The van der Waals surface area contributed by atoms with Crippen molar-refractivity contribution in [1.29, 1.82) is 0 Å². The minimum absolute atomic E-state index is 0.0218. The Morgan fingerprint density at radius 2 is 1.48 bits per heavy atom. The molecule has 0 aromatic carbocycles. The van der Waals surface area contributed by atoms with E-state index in [0.717, 1.165) is 37.0 Å². The topological polar surface area (TPSA) is 69.7 Å². The first kappa shape index (κ1) is 18.2. The molecule has 0 aliphatic heterocycles. The van der Waals surface area contributed by atoms with Gasteiger partial charge in [0.05, 0.1) is 0 Å². The van der Waals surface area contributed by atoms with Crippen molar-refractivity contribution >= 4 is 17.7 Å². The molecule has 0 aromatic heterocycles. The van der Waals surface area contributed by atoms with Gasteiger partial charge in [0.1, 0.15) is 5.60 Å². The maximum atomic E-state index is 12.2. The number of esters is 2. The highest BCUT2D eigenvalue weighted by Gasteiger charge is 2.58. The number of hydrogen-bond acceptors (Lipinski definition) is 5. The molecule has 4 aliphatic rings. The van der Waals surface area contributed by atoms with Crippen LogP contribution in [0.25, 0.3) is 0 Å². The van der Waals surface area contributed by atoms with Crippen LogP contribution in [0.2, 0.25) is 0 Å². The van der Waals surface area contributed by atoms with Gasteiger partial charge in [0.15, 0.2) is 6.61 Å². The SMILES string of the molecule is C=C(C)C(=O)OCC(=O)C(=O)OC(C)(C)C12CC3CC(CC(C3)C1)C2. The first-order valence-corrected chi connectivity index (χ1v) is 9.21. The average Bonchev–Trinajstić information content (AvgIpc) is 2.50. The van der Waals surface area contributed by atoms with Crippen LogP contribution in [-0.2, 0) is 23.9 Å². The smallest absolute Gasteiger partial charge is 0.378 e. The lowest BCUT2D eigenvalue weighted by Gasteiger charge is -2.61. The van der Waals surface area contributed by atoms with Crippen LogP contribution in [0.5, 0.6) is 0 Å². The van der Waals surface area contributed by atoms with E-state index in [4.69, 9.17) is 9.47 Å². The van der Waals surface area contributed by atoms with Gasteiger partial charge in [-0.3, -0.25) is 4.79 Å². The fraction of sp³-hybridized carbons (Fsp3) is 0.750. The summed E-state index contributed by atoms with van der Waals surface area (Å²) < 4.78 is 10.4. The first-order chi connectivity index (χ1) is 11.6. The summed E-state index contributed by atoms with van der Waals surface area (Å²) >= 11 is 0. The summed E-state index contributed by atoms with van der Waals surface area (Å²) in [6.07, 6.45) is 7.16. The molecule has 4 saturated carbocycles. The Hall–Kier alpha value is -1.65. The summed E-state index contributed by atoms with van der Waals surface area (Å²) in [6.45, 7) is 8.20. The molecule has 4 bridgehead atoms. The summed E-state index contributed by atoms with van der Waals surface area (Å²) in [5.41, 5.74) is -0.518. The molecule has 138 valence electrons. The van der Waals surface area contributed by atoms with Crippen molar-refractivity contribution in [3.05, 3.63) is 12.2 Å². The number of carbonyl (C=O) groups is 3. The zero-order chi connectivity index (χ0) is 18.4. The summed E-state index contributed by atoms with van der Waals surface area (Å²) in [6, 6.07) is 0. The molecule has 0 N–H and O–H groups in total. The maximum absolute atomic E-state index is 12.2. The zero-order valence-corrected chi connectivity index (χ0v) is 15.4. The van der Waals surface area contributed by atoms with Gasteiger partial charge in [-0.05, 0) is 77.0 Å². The minimum atomic E-state index is -0.907. The molecule has 0 heterocycles. The van der Waals surface area contributed by atoms with Crippen molar-refractivity contribution in [2.24, 2.45) is 23.2 Å². The van der Waals surface area contributed by atoms with Crippen molar-refractivity contribution in [3.8, 4) is 0 Å². The van der Waals surface area contributed by atoms with E-state index in [1.54, 1.807) is 0 Å². The Morgan fingerprint density at radius 1 is 1.00 bits per heavy atom. The van der Waals surface area contributed by atoms with Gasteiger partial charge < -0.3 is 9.47 Å². The zero-order valence-electron chi connectivity index (χ0n) is 15.4. The molecule has 0 saturated heterocycles. The van der Waals surface area contributed by atoms with Gasteiger partial charge in [0, 0.05) is 11.0 Å². The van der Waals surface area contributed by atoms with Crippen molar-refractivity contribution in [1.82, 2.24) is 0 Å². The molecule has 4 aliphatic carbocycles. The van der Waals surface area contributed by atoms with Crippen LogP contribution >= 0.6 is 0 Å². The fourth-order valence-corrected chi connectivity index (χ4v) is 5.56. The van der Waals surface area contributed by atoms with Crippen LogP contribution in [0.15, 0.2) is 12.2 Å². The van der Waals surface area contributed by atoms with Crippen LogP contribution < -0.4 is 0 Å². The Kier molecular flexibility index (Phi) is 4.54. The summed E-state index contributed by atoms with van der Waals surface area (Å²) in [7, 11) is 0. The predicted molar refractivity (Wildman–Crippen MR) is 91.6 cm³/mol. The van der Waals surface area contributed by atoms with Crippen LogP contribution in [0.4, 0.5) is 0 Å². The van der Waals surface area contributed by atoms with Crippen molar-refractivity contribution in [2.45, 2.75) is 64.9 Å². The third-order valence-corrected chi connectivity index (χ3v) is 6.57. The first-order valence-electron chi connectivity index (χ1n) is 9.21. The van der Waals surface area contributed by atoms with E-state index in [-0.39, 0.29) is 11.0 Å². The van der Waals surface area contributed by atoms with Crippen molar-refractivity contribution < 1.29 is 23.9 Å². The van der Waals surface area contributed by atoms with Gasteiger partial charge in [-0.2, -0.15) is 0 Å². The second-order valence-electron chi connectivity index (χ2n) is 8.88. The molecule has 5 nitrogen and oxygen atoms in total. The standard InChI is InChI=1S/C20H28O5/c1-12(2)17(22)24-11-16(21)18(23)25-19(3,4)20-8-13-5-14(9-20)7-15(6-13)10-20/h13-15H,1,5-11H2,2-4H3. The van der Waals surface area contributed by atoms with E-state index in [1.165, 1.54) is 26.2 Å². The van der Waals surface area contributed by atoms with Gasteiger partial charge in [-0.25, -0.2) is 9.59 Å². The number of Topliss-reactive ketones (excluding diaryl/α,β-unsaturated/α-hetero) is 1. The minimum Gasteiger partial charge on any atom is -0.454 e. The quantitative estimate of drug-likeness (QED) is 0.419. The molecule has 4 fully saturated rings. The Bertz CT molecular complexity index is 580. The predicted octanol–water partition coefficient (Wildman–Crippen LogP) is 3.21. The molecule has 5 heteroatoms. The highest BCUT2D eigenvalue weighted by atomic mass is 16.6. The van der Waals surface area contributed by atoms with Gasteiger partial charge in [-0.1, -0.05) is 6.58 Å². The number of rotatable bonds is 6. The van der Waals surface area contributed by atoms with E-state index < -0.39 is 29.9 Å². The molecule has 0 spiro atoms. The summed E-state index contributed by atoms with van der Waals surface area (Å²) in [5.74, 6) is -0.214. The van der Waals surface area contributed by atoms with Crippen LogP contribution in [-0.4, -0.2) is 29.9 Å². The molecular formula is C20H28O5. The molecule has 0 aromatic rings. The molecular weight excluding hydrogens is 320 g/mol. The van der Waals surface area contributed by atoms with Gasteiger partial charge in [-0.15, -0.1) is 0 Å². The molecule has 0 radical (unpaired) electrons. The Labute approximate surface area is 149 Å². The van der Waals surface area contributed by atoms with E-state index in [0.29, 0.717) is 0 Å². The molecule has 0 amide bonds. The highest BCUT2D eigenvalue weighted by Crippen LogP contribution is 2.64. The van der Waals surface area contributed by atoms with E-state index >= 15 is 0 Å². The van der Waals surface area contributed by atoms with E-state index in [9.17, 15) is 14.4 Å². The lowest BCUT2D eigenvalue weighted by Crippen LogP contribution is -2.57. The van der Waals surface area contributed by atoms with Crippen molar-refractivity contribution in [2.75, 3.05) is 6.61 Å². The van der Waals surface area contributed by atoms with Crippen LogP contribution in [0.3, 0.4) is 0 Å². The highest BCUT2D eigenvalue weighted by molar-refractivity contribution is 6.34. The summed E-state index contributed by atoms with van der Waals surface area (Å²) in [5, 5.41) is 0.